The molecule has 4 heteroatoms. The van der Waals surface area contributed by atoms with Gasteiger partial charge in [-0.05, 0) is 31.2 Å². The number of hydrogen-bond donors (Lipinski definition) is 0. The van der Waals surface area contributed by atoms with Gasteiger partial charge in [0.25, 0.3) is 0 Å². The predicted molar refractivity (Wildman–Crippen MR) is 87.1 cm³/mol. The van der Waals surface area contributed by atoms with Gasteiger partial charge in [0.2, 0.25) is 0 Å². The fourth-order valence-electron chi connectivity index (χ4n) is 3.04. The summed E-state index contributed by atoms with van der Waals surface area (Å²) in [6.45, 7) is 6.57. The zero-order valence-corrected chi connectivity index (χ0v) is 13.4. The number of Topliss-reactive ketones (excluding diaryl/α,β-unsaturated/α-hetero) is 1. The van der Waals surface area contributed by atoms with Crippen molar-refractivity contribution in [3.05, 3.63) is 30.0 Å². The Bertz CT molecular complexity index is 656. The van der Waals surface area contributed by atoms with Crippen molar-refractivity contribution >= 4 is 16.7 Å². The van der Waals surface area contributed by atoms with Gasteiger partial charge in [0.1, 0.15) is 5.69 Å². The lowest BCUT2D eigenvalue weighted by Gasteiger charge is -2.22. The van der Waals surface area contributed by atoms with Gasteiger partial charge < -0.3 is 4.74 Å². The molecule has 2 aromatic rings. The van der Waals surface area contributed by atoms with Crippen molar-refractivity contribution in [3.8, 4) is 0 Å². The van der Waals surface area contributed by atoms with E-state index in [2.05, 4.69) is 11.2 Å². The molecule has 1 aromatic heterocycles. The van der Waals surface area contributed by atoms with E-state index in [1.54, 1.807) is 0 Å². The minimum atomic E-state index is 0.0230. The molecule has 0 amide bonds. The van der Waals surface area contributed by atoms with Gasteiger partial charge in [-0.1, -0.05) is 32.0 Å². The van der Waals surface area contributed by atoms with Crippen LogP contribution in [0.25, 0.3) is 10.9 Å². The number of aromatic nitrogens is 2. The average molecular weight is 300 g/mol. The molecule has 4 nitrogen and oxygen atoms in total. The van der Waals surface area contributed by atoms with Gasteiger partial charge in [0.05, 0.1) is 5.52 Å². The van der Waals surface area contributed by atoms with E-state index in [0.717, 1.165) is 49.9 Å². The topological polar surface area (TPSA) is 44.1 Å². The molecule has 1 aliphatic heterocycles. The normalized spacial score (nSPS) is 17.7. The molecular formula is C18H24N2O2. The van der Waals surface area contributed by atoms with Crippen LogP contribution < -0.4 is 0 Å². The summed E-state index contributed by atoms with van der Waals surface area (Å²) in [7, 11) is 0. The van der Waals surface area contributed by atoms with Crippen molar-refractivity contribution in [1.29, 1.82) is 0 Å². The van der Waals surface area contributed by atoms with Gasteiger partial charge in [-0.3, -0.25) is 9.48 Å². The fraction of sp³-hybridized carbons (Fsp3) is 0.556. The van der Waals surface area contributed by atoms with Crippen LogP contribution in [0.1, 0.15) is 43.6 Å². The highest BCUT2D eigenvalue weighted by atomic mass is 16.5. The highest BCUT2D eigenvalue weighted by Gasteiger charge is 2.22. The second-order valence-corrected chi connectivity index (χ2v) is 6.28. The number of benzene rings is 1. The van der Waals surface area contributed by atoms with Crippen molar-refractivity contribution in [2.45, 2.75) is 39.7 Å². The summed E-state index contributed by atoms with van der Waals surface area (Å²) in [5.74, 6) is 0.767. The van der Waals surface area contributed by atoms with Crippen molar-refractivity contribution in [2.75, 3.05) is 13.2 Å². The van der Waals surface area contributed by atoms with Crippen LogP contribution in [-0.2, 0) is 11.3 Å². The second-order valence-electron chi connectivity index (χ2n) is 6.28. The third-order valence-electron chi connectivity index (χ3n) is 4.72. The number of carbonyl (C=O) groups excluding carboxylic acids is 1. The molecule has 22 heavy (non-hydrogen) atoms. The maximum Gasteiger partial charge on any atom is 0.186 e. The van der Waals surface area contributed by atoms with Gasteiger partial charge in [-0.15, -0.1) is 0 Å². The molecule has 1 aliphatic rings. The zero-order chi connectivity index (χ0) is 15.5. The molecule has 0 spiro atoms. The first-order valence-corrected chi connectivity index (χ1v) is 8.28. The summed E-state index contributed by atoms with van der Waals surface area (Å²) >= 11 is 0. The maximum atomic E-state index is 12.6. The van der Waals surface area contributed by atoms with Crippen LogP contribution in [0.5, 0.6) is 0 Å². The summed E-state index contributed by atoms with van der Waals surface area (Å²) in [5, 5.41) is 5.66. The number of hydrogen-bond acceptors (Lipinski definition) is 3. The van der Waals surface area contributed by atoms with Crippen molar-refractivity contribution in [3.63, 3.8) is 0 Å². The van der Waals surface area contributed by atoms with E-state index in [1.165, 1.54) is 0 Å². The number of rotatable bonds is 5. The van der Waals surface area contributed by atoms with Crippen LogP contribution >= 0.6 is 0 Å². The van der Waals surface area contributed by atoms with Crippen molar-refractivity contribution in [1.82, 2.24) is 9.78 Å². The number of carbonyl (C=O) groups is 1. The molecule has 1 atom stereocenters. The largest absolute Gasteiger partial charge is 0.381 e. The quantitative estimate of drug-likeness (QED) is 0.791. The number of ether oxygens (including phenoxy) is 1. The summed E-state index contributed by atoms with van der Waals surface area (Å²) in [5.41, 5.74) is 1.71. The highest BCUT2D eigenvalue weighted by molar-refractivity contribution is 6.06. The summed E-state index contributed by atoms with van der Waals surface area (Å²) < 4.78 is 7.46. The van der Waals surface area contributed by atoms with Crippen LogP contribution in [-0.4, -0.2) is 28.8 Å². The Balaban J connectivity index is 1.94. The Morgan fingerprint density at radius 2 is 2.09 bits per heavy atom. The standard InChI is InChI=1S/C18H24N2O2/c1-3-13(2)18(21)17-15-6-4-5-7-16(15)20(19-17)12-14-8-10-22-11-9-14/h4-7,13-14H,3,8-12H2,1-2H3. The molecular weight excluding hydrogens is 276 g/mol. The van der Waals surface area contributed by atoms with Crippen LogP contribution in [0.3, 0.4) is 0 Å². The van der Waals surface area contributed by atoms with Gasteiger partial charge in [-0.25, -0.2) is 0 Å². The Morgan fingerprint density at radius 1 is 1.36 bits per heavy atom. The highest BCUT2D eigenvalue weighted by Crippen LogP contribution is 2.25. The average Bonchev–Trinajstić information content (AvgIpc) is 2.93. The lowest BCUT2D eigenvalue weighted by molar-refractivity contribution is 0.0604. The molecule has 1 unspecified atom stereocenters. The minimum absolute atomic E-state index is 0.0230. The Hall–Kier alpha value is -1.68. The van der Waals surface area contributed by atoms with Gasteiger partial charge in [-0.2, -0.15) is 5.10 Å². The van der Waals surface area contributed by atoms with Crippen LogP contribution in [0.2, 0.25) is 0 Å². The molecule has 0 bridgehead atoms. The molecule has 118 valence electrons. The van der Waals surface area contributed by atoms with Gasteiger partial charge in [0, 0.05) is 31.1 Å². The van der Waals surface area contributed by atoms with Crippen molar-refractivity contribution < 1.29 is 9.53 Å². The van der Waals surface area contributed by atoms with Gasteiger partial charge >= 0.3 is 0 Å². The predicted octanol–water partition coefficient (Wildman–Crippen LogP) is 3.69. The summed E-state index contributed by atoms with van der Waals surface area (Å²) in [4.78, 5) is 12.6. The molecule has 1 aromatic carbocycles. The second kappa shape index (κ2) is 6.61. The van der Waals surface area contributed by atoms with Gasteiger partial charge in [0.15, 0.2) is 5.78 Å². The van der Waals surface area contributed by atoms with E-state index in [1.807, 2.05) is 36.7 Å². The molecule has 0 saturated carbocycles. The molecule has 0 radical (unpaired) electrons. The molecule has 0 aliphatic carbocycles. The maximum absolute atomic E-state index is 12.6. The first kappa shape index (κ1) is 15.2. The van der Waals surface area contributed by atoms with E-state index in [0.29, 0.717) is 11.6 Å². The van der Waals surface area contributed by atoms with Crippen LogP contribution in [0.4, 0.5) is 0 Å². The van der Waals surface area contributed by atoms with E-state index < -0.39 is 0 Å². The number of nitrogens with zero attached hydrogens (tertiary/aromatic N) is 2. The molecule has 0 N–H and O–H groups in total. The first-order valence-electron chi connectivity index (χ1n) is 8.28. The first-order chi connectivity index (χ1) is 10.7. The van der Waals surface area contributed by atoms with Crippen LogP contribution in [0.15, 0.2) is 24.3 Å². The molecule has 1 saturated heterocycles. The lowest BCUT2D eigenvalue weighted by Crippen LogP contribution is -2.21. The molecule has 3 rings (SSSR count). The van der Waals surface area contributed by atoms with E-state index in [-0.39, 0.29) is 11.7 Å². The van der Waals surface area contributed by atoms with E-state index in [9.17, 15) is 4.79 Å². The Morgan fingerprint density at radius 3 is 2.82 bits per heavy atom. The summed E-state index contributed by atoms with van der Waals surface area (Å²) in [6.07, 6.45) is 2.99. The Labute approximate surface area is 131 Å². The summed E-state index contributed by atoms with van der Waals surface area (Å²) in [6, 6.07) is 8.08. The van der Waals surface area contributed by atoms with E-state index >= 15 is 0 Å². The monoisotopic (exact) mass is 300 g/mol. The molecule has 2 heterocycles. The smallest absolute Gasteiger partial charge is 0.186 e. The Kier molecular flexibility index (Phi) is 4.57. The number of para-hydroxylation sites is 1. The molecule has 1 fully saturated rings. The SMILES string of the molecule is CCC(C)C(=O)c1nn(CC2CCOCC2)c2ccccc12. The fourth-order valence-corrected chi connectivity index (χ4v) is 3.04. The van der Waals surface area contributed by atoms with Crippen molar-refractivity contribution in [2.24, 2.45) is 11.8 Å². The van der Waals surface area contributed by atoms with Crippen LogP contribution in [0, 0.1) is 11.8 Å². The third-order valence-corrected chi connectivity index (χ3v) is 4.72. The third kappa shape index (κ3) is 2.93. The minimum Gasteiger partial charge on any atom is -0.381 e. The van der Waals surface area contributed by atoms with E-state index in [4.69, 9.17) is 4.74 Å². The number of fused-ring (bicyclic) bond motifs is 1. The lowest BCUT2D eigenvalue weighted by atomic mass is 9.99. The number of ketones is 1. The zero-order valence-electron chi connectivity index (χ0n) is 13.4.